The van der Waals surface area contributed by atoms with Crippen molar-refractivity contribution in [3.8, 4) is 0 Å². The van der Waals surface area contributed by atoms with E-state index in [1.165, 1.54) is 22.3 Å². The van der Waals surface area contributed by atoms with Crippen LogP contribution in [0.15, 0.2) is 103 Å². The zero-order valence-corrected chi connectivity index (χ0v) is 18.6. The second-order valence-corrected chi connectivity index (χ2v) is 8.50. The van der Waals surface area contributed by atoms with Gasteiger partial charge in [0, 0.05) is 31.7 Å². The summed E-state index contributed by atoms with van der Waals surface area (Å²) in [6.45, 7) is 5.10. The molecule has 2 aromatic heterocycles. The van der Waals surface area contributed by atoms with Gasteiger partial charge in [-0.1, -0.05) is 79.7 Å². The maximum atomic E-state index is 5.17. The quantitative estimate of drug-likeness (QED) is 0.279. The number of para-hydroxylation sites is 2. The monoisotopic (exact) mass is 419 g/mol. The van der Waals surface area contributed by atoms with Crippen molar-refractivity contribution < 1.29 is 0 Å². The Bertz CT molecular complexity index is 1250. The van der Waals surface area contributed by atoms with Crippen LogP contribution in [0.1, 0.15) is 36.1 Å². The molecule has 0 amide bonds. The van der Waals surface area contributed by atoms with Crippen molar-refractivity contribution in [1.29, 1.82) is 0 Å². The summed E-state index contributed by atoms with van der Waals surface area (Å²) in [5, 5.41) is 0. The van der Waals surface area contributed by atoms with E-state index in [0.29, 0.717) is 5.92 Å². The topological polar surface area (TPSA) is 20.5 Å². The number of hydrogen-bond donors (Lipinski definition) is 0. The first-order valence-electron chi connectivity index (χ1n) is 11.5. The predicted octanol–water partition coefficient (Wildman–Crippen LogP) is 6.68. The number of nitrogens with zero attached hydrogens (tertiary/aromatic N) is 3. The second-order valence-electron chi connectivity index (χ2n) is 8.50. The molecular formula is C29H29N3. The van der Waals surface area contributed by atoms with E-state index >= 15 is 0 Å². The Morgan fingerprint density at radius 3 is 1.97 bits per heavy atom. The van der Waals surface area contributed by atoms with Gasteiger partial charge in [0.25, 0.3) is 0 Å². The fourth-order valence-electron chi connectivity index (χ4n) is 4.64. The maximum absolute atomic E-state index is 5.17. The molecule has 5 aromatic rings. The van der Waals surface area contributed by atoms with Crippen molar-refractivity contribution in [2.75, 3.05) is 6.54 Å². The van der Waals surface area contributed by atoms with Crippen molar-refractivity contribution in [3.05, 3.63) is 120 Å². The summed E-state index contributed by atoms with van der Waals surface area (Å²) in [6.07, 6.45) is 3.20. The highest BCUT2D eigenvalue weighted by molar-refractivity contribution is 5.79. The summed E-state index contributed by atoms with van der Waals surface area (Å²) >= 11 is 0. The van der Waals surface area contributed by atoms with Crippen LogP contribution in [-0.2, 0) is 13.1 Å². The molecule has 0 fully saturated rings. The molecule has 0 saturated heterocycles. The van der Waals surface area contributed by atoms with Crippen LogP contribution in [-0.4, -0.2) is 20.8 Å². The lowest BCUT2D eigenvalue weighted by Crippen LogP contribution is -2.28. The van der Waals surface area contributed by atoms with Gasteiger partial charge < -0.3 is 4.40 Å². The fraction of sp³-hybridized carbons (Fsp3) is 0.207. The molecule has 160 valence electrons. The maximum Gasteiger partial charge on any atom is 0.0874 e. The van der Waals surface area contributed by atoms with Crippen LogP contribution < -0.4 is 0 Å². The Balaban J connectivity index is 1.50. The van der Waals surface area contributed by atoms with E-state index in [0.717, 1.165) is 37.1 Å². The zero-order chi connectivity index (χ0) is 21.8. The van der Waals surface area contributed by atoms with E-state index < -0.39 is 0 Å². The van der Waals surface area contributed by atoms with E-state index in [2.05, 4.69) is 119 Å². The third-order valence-corrected chi connectivity index (χ3v) is 6.25. The Morgan fingerprint density at radius 1 is 0.719 bits per heavy atom. The SMILES string of the molecule is CCC(CN(Cc1ccccc1)Cc1ccccc1)c1nc2ccccc2n2cccc12. The molecule has 2 heterocycles. The Kier molecular flexibility index (Phi) is 6.00. The smallest absolute Gasteiger partial charge is 0.0874 e. The predicted molar refractivity (Wildman–Crippen MR) is 133 cm³/mol. The molecular weight excluding hydrogens is 390 g/mol. The van der Waals surface area contributed by atoms with E-state index in [9.17, 15) is 0 Å². The molecule has 0 N–H and O–H groups in total. The van der Waals surface area contributed by atoms with E-state index in [4.69, 9.17) is 4.98 Å². The van der Waals surface area contributed by atoms with Crippen molar-refractivity contribution in [2.45, 2.75) is 32.4 Å². The van der Waals surface area contributed by atoms with Gasteiger partial charge in [0.15, 0.2) is 0 Å². The number of hydrogen-bond acceptors (Lipinski definition) is 2. The van der Waals surface area contributed by atoms with Crippen molar-refractivity contribution in [2.24, 2.45) is 0 Å². The van der Waals surface area contributed by atoms with E-state index in [-0.39, 0.29) is 0 Å². The molecule has 0 aliphatic heterocycles. The molecule has 32 heavy (non-hydrogen) atoms. The first-order valence-corrected chi connectivity index (χ1v) is 11.5. The van der Waals surface area contributed by atoms with Gasteiger partial charge in [0.2, 0.25) is 0 Å². The van der Waals surface area contributed by atoms with Gasteiger partial charge in [-0.15, -0.1) is 0 Å². The number of benzene rings is 3. The van der Waals surface area contributed by atoms with Gasteiger partial charge in [-0.2, -0.15) is 0 Å². The minimum Gasteiger partial charge on any atom is -0.313 e. The lowest BCUT2D eigenvalue weighted by Gasteiger charge is -2.28. The highest BCUT2D eigenvalue weighted by Crippen LogP contribution is 2.28. The van der Waals surface area contributed by atoms with Gasteiger partial charge >= 0.3 is 0 Å². The van der Waals surface area contributed by atoms with Crippen molar-refractivity contribution in [3.63, 3.8) is 0 Å². The van der Waals surface area contributed by atoms with Gasteiger partial charge in [-0.3, -0.25) is 4.90 Å². The summed E-state index contributed by atoms with van der Waals surface area (Å²) in [4.78, 5) is 7.73. The first kappa shape index (κ1) is 20.5. The molecule has 0 aliphatic rings. The molecule has 0 bridgehead atoms. The molecule has 0 radical (unpaired) electrons. The summed E-state index contributed by atoms with van der Waals surface area (Å²) in [6, 6.07) is 34.3. The van der Waals surface area contributed by atoms with Crippen LogP contribution in [0.4, 0.5) is 0 Å². The van der Waals surface area contributed by atoms with Gasteiger partial charge in [0.05, 0.1) is 22.2 Å². The molecule has 0 aliphatic carbocycles. The Labute approximate surface area is 190 Å². The molecule has 3 nitrogen and oxygen atoms in total. The Morgan fingerprint density at radius 2 is 1.31 bits per heavy atom. The van der Waals surface area contributed by atoms with Gasteiger partial charge in [-0.05, 0) is 41.8 Å². The molecule has 3 heteroatoms. The zero-order valence-electron chi connectivity index (χ0n) is 18.6. The highest BCUT2D eigenvalue weighted by Gasteiger charge is 2.20. The summed E-state index contributed by atoms with van der Waals surface area (Å²) in [7, 11) is 0. The van der Waals surface area contributed by atoms with E-state index in [1.807, 2.05) is 0 Å². The molecule has 1 atom stereocenters. The van der Waals surface area contributed by atoms with Gasteiger partial charge in [-0.25, -0.2) is 4.98 Å². The van der Waals surface area contributed by atoms with Crippen LogP contribution in [0.5, 0.6) is 0 Å². The lowest BCUT2D eigenvalue weighted by atomic mass is 9.99. The average molecular weight is 420 g/mol. The fourth-order valence-corrected chi connectivity index (χ4v) is 4.64. The standard InChI is InChI=1S/C29H29N3/c1-2-25(29-28-18-11-19-32(28)27-17-10-9-16-26(27)30-29)22-31(20-23-12-5-3-6-13-23)21-24-14-7-4-8-15-24/h3-19,25H,2,20-22H2,1H3. The first-order chi connectivity index (χ1) is 15.8. The number of aromatic nitrogens is 2. The normalized spacial score (nSPS) is 12.6. The largest absolute Gasteiger partial charge is 0.313 e. The lowest BCUT2D eigenvalue weighted by molar-refractivity contribution is 0.236. The number of rotatable bonds is 8. The Hall–Kier alpha value is -3.43. The molecule has 0 saturated carbocycles. The molecule has 3 aromatic carbocycles. The van der Waals surface area contributed by atoms with Crippen LogP contribution >= 0.6 is 0 Å². The van der Waals surface area contributed by atoms with Crippen LogP contribution in [0.25, 0.3) is 16.6 Å². The summed E-state index contributed by atoms with van der Waals surface area (Å²) in [5.74, 6) is 0.351. The third kappa shape index (κ3) is 4.30. The molecule has 5 rings (SSSR count). The van der Waals surface area contributed by atoms with Crippen LogP contribution in [0.3, 0.4) is 0 Å². The minimum atomic E-state index is 0.351. The van der Waals surface area contributed by atoms with Crippen molar-refractivity contribution >= 4 is 16.6 Å². The average Bonchev–Trinajstić information content (AvgIpc) is 3.34. The summed E-state index contributed by atoms with van der Waals surface area (Å²) in [5.41, 5.74) is 7.33. The van der Waals surface area contributed by atoms with Gasteiger partial charge in [0.1, 0.15) is 0 Å². The highest BCUT2D eigenvalue weighted by atomic mass is 15.1. The van der Waals surface area contributed by atoms with Crippen molar-refractivity contribution in [1.82, 2.24) is 14.3 Å². The van der Waals surface area contributed by atoms with E-state index in [1.54, 1.807) is 0 Å². The molecule has 0 spiro atoms. The third-order valence-electron chi connectivity index (χ3n) is 6.25. The number of fused-ring (bicyclic) bond motifs is 3. The van der Waals surface area contributed by atoms with Crippen LogP contribution in [0, 0.1) is 0 Å². The molecule has 1 unspecified atom stereocenters. The second kappa shape index (κ2) is 9.37. The van der Waals surface area contributed by atoms with Crippen LogP contribution in [0.2, 0.25) is 0 Å². The minimum absolute atomic E-state index is 0.351. The summed E-state index contributed by atoms with van der Waals surface area (Å²) < 4.78 is 2.29.